The summed E-state index contributed by atoms with van der Waals surface area (Å²) in [6, 6.07) is 18.6. The van der Waals surface area contributed by atoms with Crippen molar-refractivity contribution in [1.82, 2.24) is 0 Å². The van der Waals surface area contributed by atoms with Crippen LogP contribution in [0.1, 0.15) is 56.8 Å². The van der Waals surface area contributed by atoms with Crippen LogP contribution in [0.25, 0.3) is 0 Å². The summed E-state index contributed by atoms with van der Waals surface area (Å²) in [4.78, 5) is 78.1. The zero-order valence-electron chi connectivity index (χ0n) is 34.0. The Morgan fingerprint density at radius 3 is 1.15 bits per heavy atom. The first-order chi connectivity index (χ1) is 29.3. The van der Waals surface area contributed by atoms with Gasteiger partial charge in [0.25, 0.3) is 23.6 Å². The Hall–Kier alpha value is -6.32. The highest BCUT2D eigenvalue weighted by atomic mass is 35.5. The zero-order chi connectivity index (χ0) is 45.4. The third kappa shape index (κ3) is 11.9. The van der Waals surface area contributed by atoms with Gasteiger partial charge in [0.1, 0.15) is 11.4 Å². The van der Waals surface area contributed by atoms with Crippen molar-refractivity contribution < 1.29 is 28.8 Å². The van der Waals surface area contributed by atoms with E-state index in [1.165, 1.54) is 50.2 Å². The predicted molar refractivity (Wildman–Crippen MR) is 242 cm³/mol. The van der Waals surface area contributed by atoms with Gasteiger partial charge in [-0.2, -0.15) is 20.5 Å². The lowest BCUT2D eigenvalue weighted by Crippen LogP contribution is -2.32. The van der Waals surface area contributed by atoms with Crippen molar-refractivity contribution in [2.75, 3.05) is 21.3 Å². The van der Waals surface area contributed by atoms with Crippen LogP contribution in [0, 0.1) is 27.7 Å². The standard InChI is InChI=1S/C44H38Cl4N8O6/c1-21-15-29(45)9-13-33(21)49-41(59)27-7-11-31(47)37(19-27)53-55-39(25(5)57)43(61)51-35-17-24(4)36(18-23(35)3)52-44(62)40(26(6)58)56-54-38-20-28(8-12-32(38)48)42(60)50-34-14-10-30(46)16-22(34)2/h7-20,39-40H,1-6H3,(H,49,59)(H,50,60)(H,51,61)(H,52,62)/b55-53+,56-54+. The van der Waals surface area contributed by atoms with Gasteiger partial charge in [0.2, 0.25) is 12.1 Å². The third-order valence-corrected chi connectivity index (χ3v) is 10.3. The molecule has 0 aromatic heterocycles. The number of halogens is 4. The van der Waals surface area contributed by atoms with E-state index < -0.39 is 47.3 Å². The monoisotopic (exact) mass is 914 g/mol. The number of ketones is 2. The number of carbonyl (C=O) groups is 6. The van der Waals surface area contributed by atoms with Gasteiger partial charge in [-0.25, -0.2) is 0 Å². The molecule has 0 heterocycles. The van der Waals surface area contributed by atoms with Crippen molar-refractivity contribution >= 4 is 116 Å². The van der Waals surface area contributed by atoms with Crippen LogP contribution in [0.3, 0.4) is 0 Å². The van der Waals surface area contributed by atoms with Crippen molar-refractivity contribution in [2.24, 2.45) is 20.5 Å². The normalized spacial score (nSPS) is 12.2. The summed E-state index contributed by atoms with van der Waals surface area (Å²) in [5, 5.41) is 28.3. The van der Waals surface area contributed by atoms with Gasteiger partial charge in [-0.05, 0) is 149 Å². The van der Waals surface area contributed by atoms with Crippen LogP contribution >= 0.6 is 46.4 Å². The number of rotatable bonds is 14. The molecule has 0 radical (unpaired) electrons. The zero-order valence-corrected chi connectivity index (χ0v) is 37.0. The predicted octanol–water partition coefficient (Wildman–Crippen LogP) is 11.4. The number of aryl methyl sites for hydroxylation is 4. The van der Waals surface area contributed by atoms with Crippen molar-refractivity contribution in [3.63, 3.8) is 0 Å². The number of hydrogen-bond donors (Lipinski definition) is 4. The first-order valence-corrected chi connectivity index (χ1v) is 20.1. The van der Waals surface area contributed by atoms with Crippen molar-refractivity contribution in [3.05, 3.63) is 138 Å². The summed E-state index contributed by atoms with van der Waals surface area (Å²) in [7, 11) is 0. The van der Waals surface area contributed by atoms with Gasteiger partial charge in [-0.3, -0.25) is 28.8 Å². The summed E-state index contributed by atoms with van der Waals surface area (Å²) in [6.07, 6.45) is 0. The molecule has 0 saturated carbocycles. The van der Waals surface area contributed by atoms with Gasteiger partial charge >= 0.3 is 0 Å². The smallest absolute Gasteiger partial charge is 0.258 e. The number of hydrogen-bond acceptors (Lipinski definition) is 10. The molecule has 5 aromatic carbocycles. The van der Waals surface area contributed by atoms with Gasteiger partial charge < -0.3 is 21.3 Å². The molecule has 0 aliphatic rings. The minimum atomic E-state index is -1.59. The Balaban J connectivity index is 1.27. The largest absolute Gasteiger partial charge is 0.324 e. The van der Waals surface area contributed by atoms with Crippen LogP contribution in [0.15, 0.2) is 105 Å². The minimum Gasteiger partial charge on any atom is -0.324 e. The van der Waals surface area contributed by atoms with Crippen LogP contribution in [0.2, 0.25) is 20.1 Å². The van der Waals surface area contributed by atoms with E-state index in [1.54, 1.807) is 76.2 Å². The molecule has 4 N–H and O–H groups in total. The molecule has 0 fully saturated rings. The first-order valence-electron chi connectivity index (χ1n) is 18.6. The number of carbonyl (C=O) groups excluding carboxylic acids is 6. The van der Waals surface area contributed by atoms with Crippen LogP contribution < -0.4 is 21.3 Å². The minimum absolute atomic E-state index is 0.0473. The summed E-state index contributed by atoms with van der Waals surface area (Å²) in [5.41, 5.74) is 4.64. The van der Waals surface area contributed by atoms with Crippen LogP contribution in [-0.4, -0.2) is 47.3 Å². The van der Waals surface area contributed by atoms with Gasteiger partial charge in [0.05, 0.1) is 10.0 Å². The van der Waals surface area contributed by atoms with E-state index in [4.69, 9.17) is 46.4 Å². The number of anilines is 4. The van der Waals surface area contributed by atoms with Crippen molar-refractivity contribution in [2.45, 2.75) is 53.6 Å². The molecule has 2 unspecified atom stereocenters. The lowest BCUT2D eigenvalue weighted by molar-refractivity contribution is -0.127. The van der Waals surface area contributed by atoms with E-state index in [2.05, 4.69) is 41.7 Å². The SMILES string of the molecule is CC(=O)C(/N=N/c1cc(C(=O)Nc2ccc(Cl)cc2C)ccc1Cl)C(=O)Nc1cc(C)c(NC(=O)C(/N=N/c2cc(C(=O)Nc3ccc(Cl)cc3C)ccc2Cl)C(C)=O)cc1C. The third-order valence-electron chi connectivity index (χ3n) is 9.21. The van der Waals surface area contributed by atoms with E-state index >= 15 is 0 Å². The first kappa shape index (κ1) is 46.7. The molecule has 5 rings (SSSR count). The fourth-order valence-corrected chi connectivity index (χ4v) is 6.51. The topological polar surface area (TPSA) is 200 Å². The van der Waals surface area contributed by atoms with Gasteiger partial charge in [-0.15, -0.1) is 0 Å². The molecule has 18 heteroatoms. The van der Waals surface area contributed by atoms with Gasteiger partial charge in [-0.1, -0.05) is 46.4 Å². The molecule has 5 aromatic rings. The molecule has 0 saturated heterocycles. The number of Topliss-reactive ketones (excluding diaryl/α,β-unsaturated/α-hetero) is 2. The van der Waals surface area contributed by atoms with Gasteiger partial charge in [0, 0.05) is 43.9 Å². The van der Waals surface area contributed by atoms with E-state index in [-0.39, 0.29) is 32.5 Å². The molecule has 0 spiro atoms. The molecule has 318 valence electrons. The molecule has 0 bridgehead atoms. The summed E-state index contributed by atoms with van der Waals surface area (Å²) in [6.45, 7) is 9.24. The maximum absolute atomic E-state index is 13.4. The molecule has 14 nitrogen and oxygen atoms in total. The molecule has 62 heavy (non-hydrogen) atoms. The fourth-order valence-electron chi connectivity index (χ4n) is 5.75. The maximum atomic E-state index is 13.4. The number of amides is 4. The number of nitrogens with one attached hydrogen (secondary N) is 4. The molecule has 0 aliphatic heterocycles. The van der Waals surface area contributed by atoms with E-state index in [0.29, 0.717) is 43.9 Å². The second-order valence-corrected chi connectivity index (χ2v) is 15.8. The maximum Gasteiger partial charge on any atom is 0.258 e. The van der Waals surface area contributed by atoms with Crippen molar-refractivity contribution in [1.29, 1.82) is 0 Å². The number of nitrogens with zero attached hydrogens (tertiary/aromatic N) is 4. The number of azo groups is 2. The lowest BCUT2D eigenvalue weighted by Gasteiger charge is -2.16. The fraction of sp³-hybridized carbons (Fsp3) is 0.182. The molecular weight excluding hydrogens is 878 g/mol. The average Bonchev–Trinajstić information content (AvgIpc) is 3.20. The second-order valence-electron chi connectivity index (χ2n) is 14.1. The summed E-state index contributed by atoms with van der Waals surface area (Å²) < 4.78 is 0. The van der Waals surface area contributed by atoms with Crippen LogP contribution in [-0.2, 0) is 19.2 Å². The Kier molecular flexibility index (Phi) is 15.5. The number of benzene rings is 5. The quantitative estimate of drug-likeness (QED) is 0.0630. The Labute approximate surface area is 376 Å². The second kappa shape index (κ2) is 20.5. The molecular formula is C44H38Cl4N8O6. The Morgan fingerprint density at radius 2 is 0.806 bits per heavy atom. The Morgan fingerprint density at radius 1 is 0.452 bits per heavy atom. The highest BCUT2D eigenvalue weighted by Crippen LogP contribution is 2.31. The highest BCUT2D eigenvalue weighted by Gasteiger charge is 2.26. The van der Waals surface area contributed by atoms with Crippen LogP contribution in [0.4, 0.5) is 34.1 Å². The van der Waals surface area contributed by atoms with Crippen molar-refractivity contribution in [3.8, 4) is 0 Å². The highest BCUT2D eigenvalue weighted by molar-refractivity contribution is 6.34. The Bertz CT molecular complexity index is 2520. The average molecular weight is 917 g/mol. The molecule has 4 amide bonds. The van der Waals surface area contributed by atoms with E-state index in [9.17, 15) is 28.8 Å². The summed E-state index contributed by atoms with van der Waals surface area (Å²) in [5.74, 6) is -3.78. The molecule has 0 aliphatic carbocycles. The lowest BCUT2D eigenvalue weighted by atomic mass is 10.1. The van der Waals surface area contributed by atoms with Gasteiger partial charge in [0.15, 0.2) is 11.6 Å². The van der Waals surface area contributed by atoms with Crippen LogP contribution in [0.5, 0.6) is 0 Å². The van der Waals surface area contributed by atoms with E-state index in [1.807, 2.05) is 0 Å². The summed E-state index contributed by atoms with van der Waals surface area (Å²) >= 11 is 24.7. The van der Waals surface area contributed by atoms with E-state index in [0.717, 1.165) is 11.1 Å². The molecule has 2 atom stereocenters.